The van der Waals surface area contributed by atoms with Crippen molar-refractivity contribution in [2.75, 3.05) is 6.61 Å². The Morgan fingerprint density at radius 3 is 3.00 bits per heavy atom. The lowest BCUT2D eigenvalue weighted by molar-refractivity contribution is 0.0949. The Balaban J connectivity index is 2.10. The van der Waals surface area contributed by atoms with Gasteiger partial charge < -0.3 is 14.9 Å². The molecule has 0 spiro atoms. The number of hydrogen-bond acceptors (Lipinski definition) is 4. The standard InChI is InChI=1S/C16H16N2O3/c1-12-13(5-2-3-9-19)6-4-7-15(12)16(20)17-11-14-8-10-21-18-14/h4,6-8,10,19H,3,9,11H2,1H3,(H,17,20). The van der Waals surface area contributed by atoms with Gasteiger partial charge in [0.2, 0.25) is 0 Å². The molecule has 1 aromatic carbocycles. The van der Waals surface area contributed by atoms with Gasteiger partial charge in [-0.3, -0.25) is 4.79 Å². The van der Waals surface area contributed by atoms with Gasteiger partial charge >= 0.3 is 0 Å². The van der Waals surface area contributed by atoms with E-state index in [4.69, 9.17) is 9.63 Å². The highest BCUT2D eigenvalue weighted by molar-refractivity contribution is 5.96. The van der Waals surface area contributed by atoms with Crippen LogP contribution in [0.1, 0.15) is 33.6 Å². The van der Waals surface area contributed by atoms with Gasteiger partial charge in [0.15, 0.2) is 0 Å². The maximum Gasteiger partial charge on any atom is 0.251 e. The van der Waals surface area contributed by atoms with Crippen LogP contribution in [0, 0.1) is 18.8 Å². The number of carbonyl (C=O) groups excluding carboxylic acids is 1. The fourth-order valence-electron chi connectivity index (χ4n) is 1.83. The molecule has 0 aliphatic heterocycles. The number of rotatable bonds is 4. The third-order valence-corrected chi connectivity index (χ3v) is 2.96. The van der Waals surface area contributed by atoms with E-state index in [1.54, 1.807) is 18.2 Å². The van der Waals surface area contributed by atoms with Gasteiger partial charge in [-0.1, -0.05) is 23.1 Å². The zero-order valence-electron chi connectivity index (χ0n) is 11.7. The van der Waals surface area contributed by atoms with Crippen molar-refractivity contribution in [3.05, 3.63) is 52.9 Å². The molecule has 2 rings (SSSR count). The number of aromatic nitrogens is 1. The molecule has 5 heteroatoms. The molecule has 2 aromatic rings. The zero-order chi connectivity index (χ0) is 15.1. The molecule has 0 saturated carbocycles. The molecule has 0 aliphatic rings. The first-order valence-electron chi connectivity index (χ1n) is 6.59. The second-order valence-corrected chi connectivity index (χ2v) is 4.43. The third kappa shape index (κ3) is 3.94. The maximum atomic E-state index is 12.2. The van der Waals surface area contributed by atoms with Crippen molar-refractivity contribution in [3.63, 3.8) is 0 Å². The zero-order valence-corrected chi connectivity index (χ0v) is 11.7. The number of nitrogens with one attached hydrogen (secondary N) is 1. The summed E-state index contributed by atoms with van der Waals surface area (Å²) in [5, 5.41) is 15.3. The predicted octanol–water partition coefficient (Wildman–Crippen LogP) is 1.65. The summed E-state index contributed by atoms with van der Waals surface area (Å²) in [6.07, 6.45) is 1.88. The summed E-state index contributed by atoms with van der Waals surface area (Å²) in [4.78, 5) is 12.2. The lowest BCUT2D eigenvalue weighted by Gasteiger charge is -2.08. The minimum Gasteiger partial charge on any atom is -0.395 e. The molecule has 0 bridgehead atoms. The summed E-state index contributed by atoms with van der Waals surface area (Å²) in [7, 11) is 0. The van der Waals surface area contributed by atoms with Gasteiger partial charge in [-0.25, -0.2) is 0 Å². The van der Waals surface area contributed by atoms with E-state index in [2.05, 4.69) is 22.3 Å². The Kier molecular flexibility index (Phi) is 5.13. The van der Waals surface area contributed by atoms with Crippen molar-refractivity contribution in [2.45, 2.75) is 19.9 Å². The van der Waals surface area contributed by atoms with Gasteiger partial charge in [0.05, 0.1) is 13.2 Å². The number of hydrogen-bond donors (Lipinski definition) is 2. The summed E-state index contributed by atoms with van der Waals surface area (Å²) in [5.74, 6) is 5.64. The average Bonchev–Trinajstić information content (AvgIpc) is 3.00. The average molecular weight is 284 g/mol. The van der Waals surface area contributed by atoms with Crippen molar-refractivity contribution in [1.29, 1.82) is 0 Å². The Morgan fingerprint density at radius 2 is 2.29 bits per heavy atom. The van der Waals surface area contributed by atoms with E-state index in [-0.39, 0.29) is 12.5 Å². The molecule has 2 N–H and O–H groups in total. The monoisotopic (exact) mass is 284 g/mol. The fraction of sp³-hybridized carbons (Fsp3) is 0.250. The highest BCUT2D eigenvalue weighted by Gasteiger charge is 2.11. The van der Waals surface area contributed by atoms with Crippen LogP contribution in [0.15, 0.2) is 35.1 Å². The molecule has 0 saturated heterocycles. The number of carbonyl (C=O) groups is 1. The number of nitrogens with zero attached hydrogens (tertiary/aromatic N) is 1. The van der Waals surface area contributed by atoms with Gasteiger partial charge in [-0.15, -0.1) is 0 Å². The summed E-state index contributed by atoms with van der Waals surface area (Å²) in [6, 6.07) is 7.10. The van der Waals surface area contributed by atoms with Crippen LogP contribution in [0.4, 0.5) is 0 Å². The largest absolute Gasteiger partial charge is 0.395 e. The highest BCUT2D eigenvalue weighted by atomic mass is 16.5. The number of benzene rings is 1. The van der Waals surface area contributed by atoms with Crippen molar-refractivity contribution in [2.24, 2.45) is 0 Å². The summed E-state index contributed by atoms with van der Waals surface area (Å²) in [5.41, 5.74) is 2.85. The quantitative estimate of drug-likeness (QED) is 0.837. The normalized spacial score (nSPS) is 9.81. The highest BCUT2D eigenvalue weighted by Crippen LogP contribution is 2.13. The maximum absolute atomic E-state index is 12.2. The topological polar surface area (TPSA) is 75.4 Å². The number of aliphatic hydroxyl groups is 1. The first-order valence-corrected chi connectivity index (χ1v) is 6.59. The number of aliphatic hydroxyl groups excluding tert-OH is 1. The lowest BCUT2D eigenvalue weighted by atomic mass is 10.0. The molecule has 1 amide bonds. The van der Waals surface area contributed by atoms with E-state index < -0.39 is 0 Å². The fourth-order valence-corrected chi connectivity index (χ4v) is 1.83. The summed E-state index contributed by atoms with van der Waals surface area (Å²) >= 11 is 0. The van der Waals surface area contributed by atoms with Crippen LogP contribution in [0.25, 0.3) is 0 Å². The molecule has 5 nitrogen and oxygen atoms in total. The molecule has 1 heterocycles. The molecule has 108 valence electrons. The van der Waals surface area contributed by atoms with Crippen molar-refractivity contribution >= 4 is 5.91 Å². The van der Waals surface area contributed by atoms with Gasteiger partial charge in [0, 0.05) is 23.6 Å². The Morgan fingerprint density at radius 1 is 1.43 bits per heavy atom. The van der Waals surface area contributed by atoms with Crippen LogP contribution in [-0.2, 0) is 6.54 Å². The Bertz CT molecular complexity index is 667. The minimum atomic E-state index is -0.179. The van der Waals surface area contributed by atoms with E-state index in [9.17, 15) is 4.79 Å². The third-order valence-electron chi connectivity index (χ3n) is 2.96. The van der Waals surface area contributed by atoms with Gasteiger partial charge in [0.1, 0.15) is 12.0 Å². The van der Waals surface area contributed by atoms with Gasteiger partial charge in [0.25, 0.3) is 5.91 Å². The molecule has 0 unspecified atom stereocenters. The SMILES string of the molecule is Cc1c(C#CCCO)cccc1C(=O)NCc1ccon1. The molecule has 0 atom stereocenters. The summed E-state index contributed by atoms with van der Waals surface area (Å²) < 4.78 is 4.71. The van der Waals surface area contributed by atoms with E-state index in [1.807, 2.05) is 13.0 Å². The van der Waals surface area contributed by atoms with Crippen LogP contribution in [0.5, 0.6) is 0 Å². The van der Waals surface area contributed by atoms with Crippen LogP contribution in [0.3, 0.4) is 0 Å². The first kappa shape index (κ1) is 14.8. The molecular formula is C16H16N2O3. The first-order chi connectivity index (χ1) is 10.2. The lowest BCUT2D eigenvalue weighted by Crippen LogP contribution is -2.24. The van der Waals surface area contributed by atoms with Crippen LogP contribution in [0.2, 0.25) is 0 Å². The van der Waals surface area contributed by atoms with Crippen molar-refractivity contribution in [1.82, 2.24) is 10.5 Å². The second-order valence-electron chi connectivity index (χ2n) is 4.43. The van der Waals surface area contributed by atoms with E-state index in [0.717, 1.165) is 11.1 Å². The molecule has 1 aromatic heterocycles. The molecular weight excluding hydrogens is 268 g/mol. The number of amides is 1. The van der Waals surface area contributed by atoms with E-state index in [1.165, 1.54) is 6.26 Å². The van der Waals surface area contributed by atoms with E-state index >= 15 is 0 Å². The van der Waals surface area contributed by atoms with Crippen LogP contribution >= 0.6 is 0 Å². The Labute approximate surface area is 123 Å². The smallest absolute Gasteiger partial charge is 0.251 e. The van der Waals surface area contributed by atoms with Gasteiger partial charge in [-0.05, 0) is 24.6 Å². The summed E-state index contributed by atoms with van der Waals surface area (Å²) in [6.45, 7) is 2.20. The second kappa shape index (κ2) is 7.27. The van der Waals surface area contributed by atoms with Crippen molar-refractivity contribution in [3.8, 4) is 11.8 Å². The molecule has 0 fully saturated rings. The molecule has 21 heavy (non-hydrogen) atoms. The van der Waals surface area contributed by atoms with Crippen LogP contribution < -0.4 is 5.32 Å². The molecule has 0 radical (unpaired) electrons. The molecule has 0 aliphatic carbocycles. The van der Waals surface area contributed by atoms with Crippen molar-refractivity contribution < 1.29 is 14.4 Å². The van der Waals surface area contributed by atoms with Gasteiger partial charge in [-0.2, -0.15) is 0 Å². The Hall–Kier alpha value is -2.58. The predicted molar refractivity (Wildman–Crippen MR) is 77.4 cm³/mol. The van der Waals surface area contributed by atoms with E-state index in [0.29, 0.717) is 24.2 Å². The minimum absolute atomic E-state index is 0.0317. The van der Waals surface area contributed by atoms with Crippen LogP contribution in [-0.4, -0.2) is 22.8 Å².